The molecule has 0 heterocycles. The van der Waals surface area contributed by atoms with Crippen molar-refractivity contribution in [1.82, 2.24) is 10.6 Å². The highest BCUT2D eigenvalue weighted by Crippen LogP contribution is 2.38. The van der Waals surface area contributed by atoms with Crippen molar-refractivity contribution in [2.45, 2.75) is 123 Å². The van der Waals surface area contributed by atoms with Crippen molar-refractivity contribution in [1.29, 1.82) is 0 Å². The molecule has 1 fully saturated rings. The maximum atomic E-state index is 12.2. The third kappa shape index (κ3) is 13.7. The topological polar surface area (TPSA) is 58.2 Å². The van der Waals surface area contributed by atoms with Gasteiger partial charge in [0.15, 0.2) is 0 Å². The van der Waals surface area contributed by atoms with Crippen LogP contribution in [0, 0.1) is 11.8 Å². The van der Waals surface area contributed by atoms with Crippen molar-refractivity contribution in [3.63, 3.8) is 0 Å². The van der Waals surface area contributed by atoms with E-state index in [0.717, 1.165) is 32.4 Å². The number of carbonyl (C=O) groups excluding carboxylic acids is 2. The summed E-state index contributed by atoms with van der Waals surface area (Å²) in [5.41, 5.74) is 0. The molecule has 29 heavy (non-hydrogen) atoms. The van der Waals surface area contributed by atoms with Crippen LogP contribution in [0.4, 0.5) is 0 Å². The van der Waals surface area contributed by atoms with Gasteiger partial charge < -0.3 is 10.6 Å². The van der Waals surface area contributed by atoms with Crippen LogP contribution in [0.3, 0.4) is 0 Å². The van der Waals surface area contributed by atoms with Crippen molar-refractivity contribution < 1.29 is 9.59 Å². The van der Waals surface area contributed by atoms with Crippen LogP contribution in [0.15, 0.2) is 0 Å². The van der Waals surface area contributed by atoms with Crippen LogP contribution in [-0.4, -0.2) is 24.9 Å². The highest BCUT2D eigenvalue weighted by molar-refractivity contribution is 5.92. The number of hydrogen-bond donors (Lipinski definition) is 2. The molecule has 2 amide bonds. The summed E-state index contributed by atoms with van der Waals surface area (Å²) in [6.45, 7) is 6.00. The van der Waals surface area contributed by atoms with Gasteiger partial charge in [0, 0.05) is 13.1 Å². The van der Waals surface area contributed by atoms with Gasteiger partial charge in [0.25, 0.3) is 0 Å². The lowest BCUT2D eigenvalue weighted by Gasteiger charge is -2.06. The molecule has 0 aliphatic heterocycles. The molecular weight excluding hydrogens is 360 g/mol. The van der Waals surface area contributed by atoms with Gasteiger partial charge in [-0.15, -0.1) is 0 Å². The molecule has 0 spiro atoms. The monoisotopic (exact) mass is 408 g/mol. The van der Waals surface area contributed by atoms with E-state index in [1.165, 1.54) is 89.9 Å². The van der Waals surface area contributed by atoms with Gasteiger partial charge in [-0.05, 0) is 19.3 Å². The molecule has 1 aliphatic rings. The van der Waals surface area contributed by atoms with Crippen LogP contribution >= 0.6 is 0 Å². The SMILES string of the molecule is CCCCCCCCCCCCNC(=O)[C@H]1C[C@H]1C(=O)NCCCCCCCC. The van der Waals surface area contributed by atoms with E-state index in [1.54, 1.807) is 0 Å². The van der Waals surface area contributed by atoms with Crippen LogP contribution < -0.4 is 10.6 Å². The Morgan fingerprint density at radius 2 is 0.862 bits per heavy atom. The summed E-state index contributed by atoms with van der Waals surface area (Å²) in [5.74, 6) is 0.00348. The summed E-state index contributed by atoms with van der Waals surface area (Å²) >= 11 is 0. The number of rotatable bonds is 20. The molecule has 1 aliphatic carbocycles. The van der Waals surface area contributed by atoms with E-state index in [0.29, 0.717) is 0 Å². The molecule has 2 N–H and O–H groups in total. The Labute approximate surface area is 180 Å². The van der Waals surface area contributed by atoms with Crippen molar-refractivity contribution in [2.24, 2.45) is 11.8 Å². The zero-order valence-electron chi connectivity index (χ0n) is 19.4. The fourth-order valence-electron chi connectivity index (χ4n) is 3.98. The Hall–Kier alpha value is -1.06. The van der Waals surface area contributed by atoms with Crippen LogP contribution in [-0.2, 0) is 9.59 Å². The maximum Gasteiger partial charge on any atom is 0.223 e. The van der Waals surface area contributed by atoms with Gasteiger partial charge in [-0.2, -0.15) is 0 Å². The predicted molar refractivity (Wildman–Crippen MR) is 123 cm³/mol. The van der Waals surface area contributed by atoms with E-state index in [2.05, 4.69) is 24.5 Å². The molecule has 0 aromatic heterocycles. The van der Waals surface area contributed by atoms with Crippen LogP contribution in [0.5, 0.6) is 0 Å². The largest absolute Gasteiger partial charge is 0.356 e. The van der Waals surface area contributed by atoms with E-state index in [-0.39, 0.29) is 23.7 Å². The Morgan fingerprint density at radius 1 is 0.552 bits per heavy atom. The first-order chi connectivity index (χ1) is 14.2. The second-order valence-electron chi connectivity index (χ2n) is 8.98. The van der Waals surface area contributed by atoms with Crippen molar-refractivity contribution in [3.8, 4) is 0 Å². The van der Waals surface area contributed by atoms with Crippen LogP contribution in [0.2, 0.25) is 0 Å². The highest BCUT2D eigenvalue weighted by Gasteiger charge is 2.47. The molecule has 0 aromatic carbocycles. The standard InChI is InChI=1S/C25H48N2O2/c1-3-5-7-9-11-12-13-14-16-18-20-27-25(29)23-21-22(23)24(28)26-19-17-15-10-8-6-4-2/h22-23H,3-21H2,1-2H3,(H,26,28)(H,27,29)/t22-,23+/m1/s1. The van der Waals surface area contributed by atoms with E-state index >= 15 is 0 Å². The summed E-state index contributed by atoms with van der Waals surface area (Å²) in [6.07, 6.45) is 21.2. The lowest BCUT2D eigenvalue weighted by molar-refractivity contribution is -0.127. The van der Waals surface area contributed by atoms with Gasteiger partial charge in [-0.25, -0.2) is 0 Å². The van der Waals surface area contributed by atoms with Gasteiger partial charge >= 0.3 is 0 Å². The molecule has 1 saturated carbocycles. The average molecular weight is 409 g/mol. The first kappa shape index (κ1) is 26.0. The average Bonchev–Trinajstić information content (AvgIpc) is 3.52. The normalized spacial score (nSPS) is 17.9. The van der Waals surface area contributed by atoms with Gasteiger partial charge in [-0.3, -0.25) is 9.59 Å². The van der Waals surface area contributed by atoms with E-state index in [9.17, 15) is 9.59 Å². The molecule has 4 nitrogen and oxygen atoms in total. The summed E-state index contributed by atoms with van der Waals surface area (Å²) < 4.78 is 0. The van der Waals surface area contributed by atoms with Gasteiger partial charge in [0.05, 0.1) is 11.8 Å². The summed E-state index contributed by atoms with van der Waals surface area (Å²) in [4.78, 5) is 24.3. The second kappa shape index (κ2) is 17.8. The molecule has 0 aromatic rings. The maximum absolute atomic E-state index is 12.2. The third-order valence-corrected chi connectivity index (χ3v) is 6.12. The quantitative estimate of drug-likeness (QED) is 0.238. The minimum Gasteiger partial charge on any atom is -0.356 e. The molecule has 0 saturated heterocycles. The summed E-state index contributed by atoms with van der Waals surface area (Å²) in [7, 11) is 0. The second-order valence-corrected chi connectivity index (χ2v) is 8.98. The van der Waals surface area contributed by atoms with Crippen molar-refractivity contribution in [3.05, 3.63) is 0 Å². The molecule has 2 atom stereocenters. The Kier molecular flexibility index (Phi) is 15.9. The summed E-state index contributed by atoms with van der Waals surface area (Å²) in [5, 5.41) is 6.04. The molecular formula is C25H48N2O2. The van der Waals surface area contributed by atoms with E-state index < -0.39 is 0 Å². The van der Waals surface area contributed by atoms with Gasteiger partial charge in [0.1, 0.15) is 0 Å². The van der Waals surface area contributed by atoms with E-state index in [4.69, 9.17) is 0 Å². The molecule has 0 unspecified atom stereocenters. The molecule has 170 valence electrons. The van der Waals surface area contributed by atoms with E-state index in [1.807, 2.05) is 0 Å². The van der Waals surface area contributed by atoms with Crippen LogP contribution in [0.25, 0.3) is 0 Å². The minimum absolute atomic E-state index is 0.0807. The first-order valence-corrected chi connectivity index (χ1v) is 12.8. The lowest BCUT2D eigenvalue weighted by atomic mass is 10.1. The van der Waals surface area contributed by atoms with Gasteiger partial charge in [-0.1, -0.05) is 104 Å². The Morgan fingerprint density at radius 3 is 1.21 bits per heavy atom. The van der Waals surface area contributed by atoms with Crippen molar-refractivity contribution in [2.75, 3.05) is 13.1 Å². The number of hydrogen-bond acceptors (Lipinski definition) is 2. The third-order valence-electron chi connectivity index (χ3n) is 6.12. The number of nitrogens with one attached hydrogen (secondary N) is 2. The fraction of sp³-hybridized carbons (Fsp3) is 0.920. The summed E-state index contributed by atoms with van der Waals surface area (Å²) in [6, 6.07) is 0. The number of carbonyl (C=O) groups is 2. The molecule has 0 bridgehead atoms. The van der Waals surface area contributed by atoms with Crippen molar-refractivity contribution >= 4 is 11.8 Å². The Balaban J connectivity index is 1.89. The zero-order chi connectivity index (χ0) is 21.2. The highest BCUT2D eigenvalue weighted by atomic mass is 16.2. The van der Waals surface area contributed by atoms with Gasteiger partial charge in [0.2, 0.25) is 11.8 Å². The molecule has 4 heteroatoms. The Bertz CT molecular complexity index is 425. The van der Waals surface area contributed by atoms with Crippen LogP contribution in [0.1, 0.15) is 123 Å². The molecule has 1 rings (SSSR count). The smallest absolute Gasteiger partial charge is 0.223 e. The fourth-order valence-corrected chi connectivity index (χ4v) is 3.98. The lowest BCUT2D eigenvalue weighted by Crippen LogP contribution is -2.31. The number of amides is 2. The number of unbranched alkanes of at least 4 members (excludes halogenated alkanes) is 14. The molecule has 0 radical (unpaired) electrons. The minimum atomic E-state index is -0.0809. The predicted octanol–water partition coefficient (Wildman–Crippen LogP) is 6.14. The first-order valence-electron chi connectivity index (χ1n) is 12.8. The zero-order valence-corrected chi connectivity index (χ0v) is 19.4.